The number of carbonyl (C=O) groups excluding carboxylic acids is 1. The van der Waals surface area contributed by atoms with Crippen LogP contribution in [0, 0.1) is 0 Å². The monoisotopic (exact) mass is 207 g/mol. The minimum Gasteiger partial charge on any atom is -0.351 e. The first-order valence-electron chi connectivity index (χ1n) is 4.95. The summed E-state index contributed by atoms with van der Waals surface area (Å²) in [4.78, 5) is 11.2. The molecule has 0 saturated carbocycles. The van der Waals surface area contributed by atoms with Gasteiger partial charge >= 0.3 is 0 Å². The van der Waals surface area contributed by atoms with E-state index >= 15 is 0 Å². The Labute approximate surface area is 89.9 Å². The van der Waals surface area contributed by atoms with E-state index in [4.69, 9.17) is 5.73 Å². The average Bonchev–Trinajstić information content (AvgIpc) is 2.27. The van der Waals surface area contributed by atoms with E-state index in [0.29, 0.717) is 19.6 Å². The Bertz CT molecular complexity index is 325. The number of carbonyl (C=O) groups is 1. The van der Waals surface area contributed by atoms with Crippen molar-refractivity contribution in [2.75, 3.05) is 13.6 Å². The molecule has 4 heteroatoms. The fourth-order valence-corrected chi connectivity index (χ4v) is 1.29. The first-order chi connectivity index (χ1) is 7.26. The van der Waals surface area contributed by atoms with Crippen LogP contribution in [-0.2, 0) is 17.9 Å². The number of amides is 1. The van der Waals surface area contributed by atoms with E-state index in [9.17, 15) is 4.79 Å². The van der Waals surface area contributed by atoms with Gasteiger partial charge in [-0.05, 0) is 18.2 Å². The van der Waals surface area contributed by atoms with Crippen molar-refractivity contribution in [3.05, 3.63) is 35.4 Å². The molecule has 0 fully saturated rings. The van der Waals surface area contributed by atoms with Gasteiger partial charge < -0.3 is 16.4 Å². The van der Waals surface area contributed by atoms with E-state index in [1.54, 1.807) is 7.05 Å². The molecule has 1 amide bonds. The summed E-state index contributed by atoms with van der Waals surface area (Å²) < 4.78 is 0. The normalized spacial score (nSPS) is 10.0. The van der Waals surface area contributed by atoms with Crippen molar-refractivity contribution in [3.63, 3.8) is 0 Å². The molecule has 0 aliphatic carbocycles. The van der Waals surface area contributed by atoms with Crippen LogP contribution in [0.15, 0.2) is 24.3 Å². The van der Waals surface area contributed by atoms with Gasteiger partial charge in [-0.15, -0.1) is 0 Å². The molecule has 0 spiro atoms. The molecule has 4 N–H and O–H groups in total. The van der Waals surface area contributed by atoms with Gasteiger partial charge in [-0.2, -0.15) is 0 Å². The molecule has 0 aliphatic heterocycles. The Balaban J connectivity index is 2.46. The van der Waals surface area contributed by atoms with Crippen LogP contribution in [-0.4, -0.2) is 19.5 Å². The Hall–Kier alpha value is -1.39. The minimum absolute atomic E-state index is 0.00403. The van der Waals surface area contributed by atoms with E-state index < -0.39 is 0 Å². The van der Waals surface area contributed by atoms with Gasteiger partial charge in [0.2, 0.25) is 5.91 Å². The van der Waals surface area contributed by atoms with E-state index in [1.807, 2.05) is 24.3 Å². The van der Waals surface area contributed by atoms with Crippen LogP contribution in [0.25, 0.3) is 0 Å². The van der Waals surface area contributed by atoms with Crippen LogP contribution in [0.5, 0.6) is 0 Å². The van der Waals surface area contributed by atoms with Crippen LogP contribution in [0.1, 0.15) is 11.1 Å². The van der Waals surface area contributed by atoms with Crippen LogP contribution in [0.4, 0.5) is 0 Å². The van der Waals surface area contributed by atoms with Gasteiger partial charge in [0, 0.05) is 13.1 Å². The maximum atomic E-state index is 11.2. The number of nitrogens with one attached hydrogen (secondary N) is 2. The quantitative estimate of drug-likeness (QED) is 0.635. The van der Waals surface area contributed by atoms with Gasteiger partial charge in [0.05, 0.1) is 6.54 Å². The Morgan fingerprint density at radius 3 is 2.80 bits per heavy atom. The molecule has 0 saturated heterocycles. The zero-order valence-corrected chi connectivity index (χ0v) is 8.92. The van der Waals surface area contributed by atoms with Crippen LogP contribution >= 0.6 is 0 Å². The lowest BCUT2D eigenvalue weighted by atomic mass is 10.1. The summed E-state index contributed by atoms with van der Waals surface area (Å²) in [6.07, 6.45) is 0. The lowest BCUT2D eigenvalue weighted by Gasteiger charge is -2.06. The molecule has 0 aromatic heterocycles. The summed E-state index contributed by atoms with van der Waals surface area (Å²) in [5.41, 5.74) is 7.68. The summed E-state index contributed by atoms with van der Waals surface area (Å²) >= 11 is 0. The topological polar surface area (TPSA) is 67.2 Å². The molecular formula is C11H17N3O. The van der Waals surface area contributed by atoms with Crippen molar-refractivity contribution in [2.45, 2.75) is 13.1 Å². The van der Waals surface area contributed by atoms with Crippen molar-refractivity contribution in [1.29, 1.82) is 0 Å². The second-order valence-corrected chi connectivity index (χ2v) is 3.33. The second kappa shape index (κ2) is 6.16. The first-order valence-corrected chi connectivity index (χ1v) is 4.95. The summed E-state index contributed by atoms with van der Waals surface area (Å²) in [7, 11) is 1.74. The third kappa shape index (κ3) is 4.10. The highest BCUT2D eigenvalue weighted by molar-refractivity contribution is 5.77. The van der Waals surface area contributed by atoms with E-state index in [2.05, 4.69) is 10.6 Å². The first kappa shape index (κ1) is 11.7. The molecule has 0 radical (unpaired) electrons. The smallest absolute Gasteiger partial charge is 0.234 e. The molecule has 15 heavy (non-hydrogen) atoms. The summed E-state index contributed by atoms with van der Waals surface area (Å²) in [5, 5.41) is 5.60. The predicted octanol–water partition coefficient (Wildman–Crippen LogP) is -0.0191. The van der Waals surface area contributed by atoms with Gasteiger partial charge in [0.1, 0.15) is 0 Å². The number of nitrogens with two attached hydrogens (primary N) is 1. The molecular weight excluding hydrogens is 190 g/mol. The van der Waals surface area contributed by atoms with Gasteiger partial charge in [0.15, 0.2) is 0 Å². The number of hydrogen-bond acceptors (Lipinski definition) is 3. The highest BCUT2D eigenvalue weighted by Gasteiger charge is 1.99. The van der Waals surface area contributed by atoms with Crippen LogP contribution < -0.4 is 16.4 Å². The fourth-order valence-electron chi connectivity index (χ4n) is 1.29. The summed E-state index contributed by atoms with van der Waals surface area (Å²) in [5.74, 6) is -0.00403. The molecule has 0 bridgehead atoms. The molecule has 0 atom stereocenters. The minimum atomic E-state index is -0.00403. The van der Waals surface area contributed by atoms with Gasteiger partial charge in [-0.3, -0.25) is 4.79 Å². The van der Waals surface area contributed by atoms with Crippen molar-refractivity contribution >= 4 is 5.91 Å². The van der Waals surface area contributed by atoms with Crippen LogP contribution in [0.2, 0.25) is 0 Å². The van der Waals surface area contributed by atoms with Crippen molar-refractivity contribution < 1.29 is 4.79 Å². The lowest BCUT2D eigenvalue weighted by Crippen LogP contribution is -2.31. The maximum Gasteiger partial charge on any atom is 0.234 e. The molecule has 0 heterocycles. The van der Waals surface area contributed by atoms with E-state index in [-0.39, 0.29) is 5.91 Å². The van der Waals surface area contributed by atoms with Gasteiger partial charge in [-0.25, -0.2) is 0 Å². The standard InChI is InChI=1S/C11H17N3O/c1-13-8-11(15)14-7-10-4-2-3-9(5-10)6-12/h2-5,13H,6-8,12H2,1H3,(H,14,15). The lowest BCUT2D eigenvalue weighted by molar-refractivity contribution is -0.120. The molecule has 4 nitrogen and oxygen atoms in total. The third-order valence-electron chi connectivity index (χ3n) is 2.05. The van der Waals surface area contributed by atoms with Crippen molar-refractivity contribution in [1.82, 2.24) is 10.6 Å². The molecule has 82 valence electrons. The van der Waals surface area contributed by atoms with Crippen molar-refractivity contribution in [2.24, 2.45) is 5.73 Å². The fraction of sp³-hybridized carbons (Fsp3) is 0.364. The highest BCUT2D eigenvalue weighted by Crippen LogP contribution is 2.03. The number of benzene rings is 1. The third-order valence-corrected chi connectivity index (χ3v) is 2.05. The number of rotatable bonds is 5. The molecule has 1 aromatic rings. The van der Waals surface area contributed by atoms with Gasteiger partial charge in [0.25, 0.3) is 0 Å². The van der Waals surface area contributed by atoms with Gasteiger partial charge in [-0.1, -0.05) is 24.3 Å². The van der Waals surface area contributed by atoms with E-state index in [1.165, 1.54) is 0 Å². The molecule has 1 aromatic carbocycles. The Morgan fingerprint density at radius 2 is 2.13 bits per heavy atom. The summed E-state index contributed by atoms with van der Waals surface area (Å²) in [6.45, 7) is 1.42. The number of likely N-dealkylation sites (N-methyl/N-ethyl adjacent to an activating group) is 1. The van der Waals surface area contributed by atoms with E-state index in [0.717, 1.165) is 11.1 Å². The second-order valence-electron chi connectivity index (χ2n) is 3.33. The SMILES string of the molecule is CNCC(=O)NCc1cccc(CN)c1. The zero-order chi connectivity index (χ0) is 11.1. The zero-order valence-electron chi connectivity index (χ0n) is 8.92. The average molecular weight is 207 g/mol. The van der Waals surface area contributed by atoms with Crippen LogP contribution in [0.3, 0.4) is 0 Å². The largest absolute Gasteiger partial charge is 0.351 e. The molecule has 1 rings (SSSR count). The molecule has 0 aliphatic rings. The Morgan fingerprint density at radius 1 is 1.40 bits per heavy atom. The van der Waals surface area contributed by atoms with Crippen molar-refractivity contribution in [3.8, 4) is 0 Å². The highest BCUT2D eigenvalue weighted by atomic mass is 16.1. The summed E-state index contributed by atoms with van der Waals surface area (Å²) in [6, 6.07) is 7.89. The maximum absolute atomic E-state index is 11.2. The number of hydrogen-bond donors (Lipinski definition) is 3. The molecule has 0 unspecified atom stereocenters. The predicted molar refractivity (Wildman–Crippen MR) is 60.1 cm³/mol. The Kier molecular flexibility index (Phi) is 4.80.